The number of aromatic nitrogens is 2. The van der Waals surface area contributed by atoms with Crippen molar-refractivity contribution < 1.29 is 4.79 Å². The van der Waals surface area contributed by atoms with Crippen molar-refractivity contribution >= 4 is 5.91 Å². The molecular formula is C16H19N3O. The fraction of sp³-hybridized carbons (Fsp3) is 0.375. The average Bonchev–Trinajstić information content (AvgIpc) is 2.92. The third-order valence-electron chi connectivity index (χ3n) is 3.99. The summed E-state index contributed by atoms with van der Waals surface area (Å²) in [5, 5.41) is 0. The lowest BCUT2D eigenvalue weighted by molar-refractivity contribution is -0.131. The second-order valence-electron chi connectivity index (χ2n) is 5.33. The lowest BCUT2D eigenvalue weighted by Crippen LogP contribution is -2.29. The van der Waals surface area contributed by atoms with Crippen LogP contribution in [0.5, 0.6) is 0 Å². The number of rotatable bonds is 3. The van der Waals surface area contributed by atoms with E-state index in [9.17, 15) is 4.79 Å². The molecule has 20 heavy (non-hydrogen) atoms. The number of nitrogens with one attached hydrogen (secondary N) is 1. The van der Waals surface area contributed by atoms with Crippen molar-refractivity contribution in [3.05, 3.63) is 54.1 Å². The quantitative estimate of drug-likeness (QED) is 0.931. The maximum absolute atomic E-state index is 12.2. The molecule has 0 aliphatic carbocycles. The van der Waals surface area contributed by atoms with Crippen LogP contribution in [0.3, 0.4) is 0 Å². The van der Waals surface area contributed by atoms with E-state index in [-0.39, 0.29) is 5.91 Å². The summed E-state index contributed by atoms with van der Waals surface area (Å²) < 4.78 is 0. The Morgan fingerprint density at radius 1 is 1.25 bits per heavy atom. The third-order valence-corrected chi connectivity index (χ3v) is 3.99. The van der Waals surface area contributed by atoms with E-state index in [1.165, 1.54) is 5.56 Å². The summed E-state index contributed by atoms with van der Waals surface area (Å²) in [7, 11) is 0. The van der Waals surface area contributed by atoms with Crippen LogP contribution >= 0.6 is 0 Å². The van der Waals surface area contributed by atoms with Gasteiger partial charge in [0.1, 0.15) is 0 Å². The highest BCUT2D eigenvalue weighted by atomic mass is 16.2. The Bertz CT molecular complexity index is 550. The lowest BCUT2D eigenvalue weighted by Gasteiger charge is -2.20. The number of hydrogen-bond donors (Lipinski definition) is 1. The summed E-state index contributed by atoms with van der Waals surface area (Å²) in [5.74, 6) is 0.741. The Morgan fingerprint density at radius 2 is 2.10 bits per heavy atom. The normalized spacial score (nSPS) is 19.9. The van der Waals surface area contributed by atoms with Crippen LogP contribution < -0.4 is 0 Å². The largest absolute Gasteiger partial charge is 0.347 e. The summed E-state index contributed by atoms with van der Waals surface area (Å²) in [6, 6.07) is 10.5. The SMILES string of the molecule is O=C1CCC(c2ccccc2)CCN1Cc1cnc[nH]1. The monoisotopic (exact) mass is 269 g/mol. The fourth-order valence-electron chi connectivity index (χ4n) is 2.84. The third kappa shape index (κ3) is 2.90. The molecule has 0 bridgehead atoms. The molecule has 1 unspecified atom stereocenters. The van der Waals surface area contributed by atoms with E-state index >= 15 is 0 Å². The van der Waals surface area contributed by atoms with Crippen LogP contribution in [0.1, 0.15) is 36.4 Å². The van der Waals surface area contributed by atoms with Crippen molar-refractivity contribution in [2.45, 2.75) is 31.7 Å². The Kier molecular flexibility index (Phi) is 3.81. The van der Waals surface area contributed by atoms with Gasteiger partial charge in [-0.3, -0.25) is 4.79 Å². The van der Waals surface area contributed by atoms with Crippen molar-refractivity contribution in [3.63, 3.8) is 0 Å². The maximum atomic E-state index is 12.2. The van der Waals surface area contributed by atoms with Gasteiger partial charge in [0.25, 0.3) is 0 Å². The zero-order chi connectivity index (χ0) is 13.8. The van der Waals surface area contributed by atoms with E-state index in [1.807, 2.05) is 11.0 Å². The number of nitrogens with zero attached hydrogens (tertiary/aromatic N) is 2. The Morgan fingerprint density at radius 3 is 2.85 bits per heavy atom. The zero-order valence-corrected chi connectivity index (χ0v) is 11.5. The molecule has 1 aromatic heterocycles. The minimum atomic E-state index is 0.248. The van der Waals surface area contributed by atoms with Crippen molar-refractivity contribution in [3.8, 4) is 0 Å². The van der Waals surface area contributed by atoms with Gasteiger partial charge in [-0.1, -0.05) is 30.3 Å². The topological polar surface area (TPSA) is 49.0 Å². The average molecular weight is 269 g/mol. The molecule has 1 atom stereocenters. The highest BCUT2D eigenvalue weighted by Crippen LogP contribution is 2.28. The van der Waals surface area contributed by atoms with Gasteiger partial charge in [0.15, 0.2) is 0 Å². The molecule has 1 aliphatic rings. The second-order valence-corrected chi connectivity index (χ2v) is 5.33. The molecule has 1 aromatic carbocycles. The number of benzene rings is 1. The predicted octanol–water partition coefficient (Wildman–Crippen LogP) is 2.71. The maximum Gasteiger partial charge on any atom is 0.222 e. The van der Waals surface area contributed by atoms with Gasteiger partial charge in [0, 0.05) is 19.2 Å². The molecule has 0 radical (unpaired) electrons. The van der Waals surface area contributed by atoms with Crippen molar-refractivity contribution in [1.82, 2.24) is 14.9 Å². The van der Waals surface area contributed by atoms with Crippen molar-refractivity contribution in [2.75, 3.05) is 6.54 Å². The summed E-state index contributed by atoms with van der Waals surface area (Å²) in [5.41, 5.74) is 2.35. The number of aromatic amines is 1. The summed E-state index contributed by atoms with van der Waals surface area (Å²) in [6.45, 7) is 1.46. The summed E-state index contributed by atoms with van der Waals surface area (Å²) >= 11 is 0. The van der Waals surface area contributed by atoms with Gasteiger partial charge in [-0.2, -0.15) is 0 Å². The molecule has 1 saturated heterocycles. The van der Waals surface area contributed by atoms with E-state index < -0.39 is 0 Å². The van der Waals surface area contributed by atoms with Crippen LogP contribution in [-0.4, -0.2) is 27.3 Å². The van der Waals surface area contributed by atoms with Crippen LogP contribution in [0.2, 0.25) is 0 Å². The molecule has 4 heteroatoms. The number of amides is 1. The molecule has 104 valence electrons. The number of carbonyl (C=O) groups is 1. The second kappa shape index (κ2) is 5.90. The summed E-state index contributed by atoms with van der Waals surface area (Å²) in [4.78, 5) is 21.2. The van der Waals surface area contributed by atoms with Crippen molar-refractivity contribution in [2.24, 2.45) is 0 Å². The highest BCUT2D eigenvalue weighted by molar-refractivity contribution is 5.76. The van der Waals surface area contributed by atoms with Crippen LogP contribution in [0.25, 0.3) is 0 Å². The van der Waals surface area contributed by atoms with E-state index in [0.717, 1.165) is 25.1 Å². The minimum Gasteiger partial charge on any atom is -0.347 e. The van der Waals surface area contributed by atoms with E-state index in [1.54, 1.807) is 12.5 Å². The first-order valence-corrected chi connectivity index (χ1v) is 7.13. The smallest absolute Gasteiger partial charge is 0.222 e. The Hall–Kier alpha value is -2.10. The van der Waals surface area contributed by atoms with E-state index in [2.05, 4.69) is 34.2 Å². The molecule has 1 N–H and O–H groups in total. The first kappa shape index (κ1) is 12.9. The van der Waals surface area contributed by atoms with Crippen LogP contribution in [0, 0.1) is 0 Å². The lowest BCUT2D eigenvalue weighted by atomic mass is 9.92. The minimum absolute atomic E-state index is 0.248. The van der Waals surface area contributed by atoms with Gasteiger partial charge in [-0.25, -0.2) is 4.98 Å². The molecule has 1 amide bonds. The molecule has 3 rings (SSSR count). The standard InChI is InChI=1S/C16H19N3O/c20-16-7-6-14(13-4-2-1-3-5-13)8-9-19(16)11-15-10-17-12-18-15/h1-5,10,12,14H,6-9,11H2,(H,17,18). The molecule has 4 nitrogen and oxygen atoms in total. The Labute approximate surface area is 118 Å². The molecular weight excluding hydrogens is 250 g/mol. The molecule has 0 spiro atoms. The van der Waals surface area contributed by atoms with Crippen LogP contribution in [0.4, 0.5) is 0 Å². The molecule has 1 aliphatic heterocycles. The molecule has 2 aromatic rings. The number of hydrogen-bond acceptors (Lipinski definition) is 2. The molecule has 1 fully saturated rings. The van der Waals surface area contributed by atoms with E-state index in [0.29, 0.717) is 18.9 Å². The predicted molar refractivity (Wildman–Crippen MR) is 77.0 cm³/mol. The fourth-order valence-corrected chi connectivity index (χ4v) is 2.84. The molecule has 2 heterocycles. The van der Waals surface area contributed by atoms with Gasteiger partial charge in [-0.15, -0.1) is 0 Å². The first-order valence-electron chi connectivity index (χ1n) is 7.13. The van der Waals surface area contributed by atoms with Gasteiger partial charge in [0.2, 0.25) is 5.91 Å². The number of imidazole rings is 1. The van der Waals surface area contributed by atoms with Gasteiger partial charge < -0.3 is 9.88 Å². The zero-order valence-electron chi connectivity index (χ0n) is 11.5. The van der Waals surface area contributed by atoms with Gasteiger partial charge >= 0.3 is 0 Å². The number of carbonyl (C=O) groups excluding carboxylic acids is 1. The highest BCUT2D eigenvalue weighted by Gasteiger charge is 2.23. The van der Waals surface area contributed by atoms with Gasteiger partial charge in [0.05, 0.1) is 18.6 Å². The number of H-pyrrole nitrogens is 1. The van der Waals surface area contributed by atoms with Crippen LogP contribution in [-0.2, 0) is 11.3 Å². The van der Waals surface area contributed by atoms with Gasteiger partial charge in [-0.05, 0) is 24.3 Å². The number of likely N-dealkylation sites (tertiary alicyclic amines) is 1. The first-order chi connectivity index (χ1) is 9.83. The summed E-state index contributed by atoms with van der Waals surface area (Å²) in [6.07, 6.45) is 6.05. The van der Waals surface area contributed by atoms with E-state index in [4.69, 9.17) is 0 Å². The van der Waals surface area contributed by atoms with Crippen LogP contribution in [0.15, 0.2) is 42.9 Å². The Balaban J connectivity index is 1.67. The van der Waals surface area contributed by atoms with Crippen molar-refractivity contribution in [1.29, 1.82) is 0 Å². The molecule has 0 saturated carbocycles.